The van der Waals surface area contributed by atoms with Gasteiger partial charge in [-0.2, -0.15) is 0 Å². The molecule has 1 aromatic rings. The summed E-state index contributed by atoms with van der Waals surface area (Å²) in [4.78, 5) is 29.5. The largest absolute Gasteiger partial charge is 0.343 e. The molecule has 2 saturated heterocycles. The predicted molar refractivity (Wildman–Crippen MR) is 111 cm³/mol. The molecular weight excluding hydrogens is 388 g/mol. The summed E-state index contributed by atoms with van der Waals surface area (Å²) in [5.41, 5.74) is 2.39. The first kappa shape index (κ1) is 20.4. The molecule has 6 nitrogen and oxygen atoms in total. The molecule has 2 fully saturated rings. The quantitative estimate of drug-likeness (QED) is 0.750. The number of amides is 2. The molecule has 7 heteroatoms. The number of likely N-dealkylation sites (tertiary alicyclic amines) is 2. The van der Waals surface area contributed by atoms with E-state index in [4.69, 9.17) is 0 Å². The number of piperidine rings is 1. The van der Waals surface area contributed by atoms with Gasteiger partial charge in [-0.15, -0.1) is 0 Å². The normalized spacial score (nSPS) is 23.4. The molecule has 2 aliphatic heterocycles. The lowest BCUT2D eigenvalue weighted by atomic mass is 9.73. The Morgan fingerprint density at radius 1 is 1.03 bits per heavy atom. The van der Waals surface area contributed by atoms with Crippen LogP contribution >= 0.6 is 0 Å². The summed E-state index contributed by atoms with van der Waals surface area (Å²) in [6.45, 7) is 2.99. The van der Waals surface area contributed by atoms with Gasteiger partial charge < -0.3 is 9.80 Å². The third-order valence-corrected chi connectivity index (χ3v) is 7.92. The molecule has 1 unspecified atom stereocenters. The third kappa shape index (κ3) is 4.06. The summed E-state index contributed by atoms with van der Waals surface area (Å²) < 4.78 is 22.7. The van der Waals surface area contributed by atoms with E-state index in [0.29, 0.717) is 13.1 Å². The average molecular weight is 419 g/mol. The van der Waals surface area contributed by atoms with Crippen molar-refractivity contribution < 1.29 is 18.0 Å². The van der Waals surface area contributed by atoms with E-state index in [-0.39, 0.29) is 35.3 Å². The number of carbonyl (C=O) groups excluding carboxylic acids is 2. The Bertz CT molecular complexity index is 897. The SMILES string of the molecule is CS(=O)(=O)CCC(=O)N1CCC2(CC1)CC(C(=O)N1CCCC1)c1ccccc12. The van der Waals surface area contributed by atoms with Crippen molar-refractivity contribution in [2.75, 3.05) is 38.2 Å². The fourth-order valence-electron chi connectivity index (χ4n) is 5.36. The fourth-order valence-corrected chi connectivity index (χ4v) is 5.91. The van der Waals surface area contributed by atoms with E-state index in [1.54, 1.807) is 4.90 Å². The zero-order chi connectivity index (χ0) is 20.6. The maximum atomic E-state index is 13.2. The first-order chi connectivity index (χ1) is 13.8. The molecular formula is C22H30N2O4S. The number of rotatable bonds is 4. The van der Waals surface area contributed by atoms with E-state index in [0.717, 1.165) is 45.2 Å². The molecule has 2 amide bonds. The van der Waals surface area contributed by atoms with Gasteiger partial charge in [-0.3, -0.25) is 9.59 Å². The van der Waals surface area contributed by atoms with E-state index in [2.05, 4.69) is 12.1 Å². The van der Waals surface area contributed by atoms with Crippen molar-refractivity contribution >= 4 is 21.7 Å². The molecule has 0 bridgehead atoms. The lowest BCUT2D eigenvalue weighted by Crippen LogP contribution is -2.45. The Balaban J connectivity index is 1.48. The summed E-state index contributed by atoms with van der Waals surface area (Å²) in [5, 5.41) is 0. The van der Waals surface area contributed by atoms with Crippen LogP contribution in [0.1, 0.15) is 55.6 Å². The highest BCUT2D eigenvalue weighted by Crippen LogP contribution is 2.52. The Labute approximate surface area is 173 Å². The van der Waals surface area contributed by atoms with Crippen LogP contribution in [0, 0.1) is 0 Å². The minimum Gasteiger partial charge on any atom is -0.343 e. The minimum atomic E-state index is -3.13. The third-order valence-electron chi connectivity index (χ3n) is 6.98. The van der Waals surface area contributed by atoms with Gasteiger partial charge in [0.1, 0.15) is 9.84 Å². The molecule has 3 aliphatic rings. The molecule has 0 radical (unpaired) electrons. The van der Waals surface area contributed by atoms with Gasteiger partial charge in [0.2, 0.25) is 11.8 Å². The second-order valence-electron chi connectivity index (χ2n) is 8.92. The highest BCUT2D eigenvalue weighted by Gasteiger charge is 2.48. The number of benzene rings is 1. The van der Waals surface area contributed by atoms with Gasteiger partial charge in [0.25, 0.3) is 0 Å². The molecule has 1 aliphatic carbocycles. The summed E-state index contributed by atoms with van der Waals surface area (Å²) in [6.07, 6.45) is 5.90. The van der Waals surface area contributed by atoms with Gasteiger partial charge in [0, 0.05) is 44.3 Å². The van der Waals surface area contributed by atoms with Crippen molar-refractivity contribution in [1.82, 2.24) is 9.80 Å². The van der Waals surface area contributed by atoms with Gasteiger partial charge in [-0.1, -0.05) is 24.3 Å². The highest BCUT2D eigenvalue weighted by atomic mass is 32.2. The zero-order valence-corrected chi connectivity index (χ0v) is 17.9. The molecule has 1 aromatic carbocycles. The second kappa shape index (κ2) is 7.74. The molecule has 0 N–H and O–H groups in total. The van der Waals surface area contributed by atoms with E-state index in [1.165, 1.54) is 17.4 Å². The average Bonchev–Trinajstić information content (AvgIpc) is 3.34. The van der Waals surface area contributed by atoms with Gasteiger partial charge in [0.05, 0.1) is 11.7 Å². The monoisotopic (exact) mass is 418 g/mol. The number of sulfone groups is 1. The van der Waals surface area contributed by atoms with E-state index in [9.17, 15) is 18.0 Å². The topological polar surface area (TPSA) is 74.8 Å². The first-order valence-electron chi connectivity index (χ1n) is 10.6. The Morgan fingerprint density at radius 3 is 2.34 bits per heavy atom. The fraction of sp³-hybridized carbons (Fsp3) is 0.636. The van der Waals surface area contributed by atoms with Crippen LogP contribution in [-0.2, 0) is 24.8 Å². The smallest absolute Gasteiger partial charge is 0.230 e. The molecule has 0 saturated carbocycles. The van der Waals surface area contributed by atoms with Crippen LogP contribution in [-0.4, -0.2) is 68.2 Å². The minimum absolute atomic E-state index is 0.0513. The lowest BCUT2D eigenvalue weighted by Gasteiger charge is -2.40. The van der Waals surface area contributed by atoms with Crippen molar-refractivity contribution in [2.24, 2.45) is 0 Å². The maximum Gasteiger partial charge on any atom is 0.230 e. The Morgan fingerprint density at radius 2 is 1.69 bits per heavy atom. The van der Waals surface area contributed by atoms with Crippen LogP contribution < -0.4 is 0 Å². The number of fused-ring (bicyclic) bond motifs is 2. The Kier molecular flexibility index (Phi) is 5.44. The first-order valence-corrected chi connectivity index (χ1v) is 12.7. The van der Waals surface area contributed by atoms with Crippen LogP contribution in [0.25, 0.3) is 0 Å². The van der Waals surface area contributed by atoms with Crippen LogP contribution in [0.5, 0.6) is 0 Å². The highest BCUT2D eigenvalue weighted by molar-refractivity contribution is 7.90. The summed E-state index contributed by atoms with van der Waals surface area (Å²) in [5.74, 6) is 0.0134. The number of hydrogen-bond donors (Lipinski definition) is 0. The van der Waals surface area contributed by atoms with Gasteiger partial charge >= 0.3 is 0 Å². The summed E-state index contributed by atoms with van der Waals surface area (Å²) in [6, 6.07) is 8.33. The van der Waals surface area contributed by atoms with Crippen LogP contribution in [0.4, 0.5) is 0 Å². The van der Waals surface area contributed by atoms with Crippen molar-refractivity contribution in [2.45, 2.75) is 49.9 Å². The Hall–Kier alpha value is -1.89. The number of carbonyl (C=O) groups is 2. The standard InChI is InChI=1S/C22H30N2O4S/c1-29(27,28)15-8-20(25)23-13-9-22(10-14-23)16-18(17-6-2-3-7-19(17)22)21(26)24-11-4-5-12-24/h2-3,6-7,18H,4-5,8-16H2,1H3. The van der Waals surface area contributed by atoms with E-state index >= 15 is 0 Å². The van der Waals surface area contributed by atoms with Crippen LogP contribution in [0.3, 0.4) is 0 Å². The summed E-state index contributed by atoms with van der Waals surface area (Å²) >= 11 is 0. The van der Waals surface area contributed by atoms with Crippen molar-refractivity contribution in [1.29, 1.82) is 0 Å². The van der Waals surface area contributed by atoms with Crippen molar-refractivity contribution in [3.8, 4) is 0 Å². The van der Waals surface area contributed by atoms with E-state index < -0.39 is 9.84 Å². The van der Waals surface area contributed by atoms with Gasteiger partial charge in [-0.25, -0.2) is 8.42 Å². The molecule has 1 spiro atoms. The summed E-state index contributed by atoms with van der Waals surface area (Å²) in [7, 11) is -3.13. The zero-order valence-electron chi connectivity index (χ0n) is 17.1. The molecule has 4 rings (SSSR count). The molecule has 29 heavy (non-hydrogen) atoms. The molecule has 158 valence electrons. The lowest BCUT2D eigenvalue weighted by molar-refractivity contribution is -0.134. The van der Waals surface area contributed by atoms with Gasteiger partial charge in [-0.05, 0) is 43.2 Å². The maximum absolute atomic E-state index is 13.2. The van der Waals surface area contributed by atoms with Crippen molar-refractivity contribution in [3.05, 3.63) is 35.4 Å². The number of nitrogens with zero attached hydrogens (tertiary/aromatic N) is 2. The van der Waals surface area contributed by atoms with Crippen LogP contribution in [0.15, 0.2) is 24.3 Å². The molecule has 1 atom stereocenters. The van der Waals surface area contributed by atoms with Crippen LogP contribution in [0.2, 0.25) is 0 Å². The number of hydrogen-bond acceptors (Lipinski definition) is 4. The molecule has 2 heterocycles. The predicted octanol–water partition coefficient (Wildman–Crippen LogP) is 2.09. The van der Waals surface area contributed by atoms with Crippen molar-refractivity contribution in [3.63, 3.8) is 0 Å². The van der Waals surface area contributed by atoms with Gasteiger partial charge in [0.15, 0.2) is 0 Å². The second-order valence-corrected chi connectivity index (χ2v) is 11.2. The van der Waals surface area contributed by atoms with E-state index in [1.807, 2.05) is 17.0 Å². The molecule has 0 aromatic heterocycles.